The summed E-state index contributed by atoms with van der Waals surface area (Å²) in [5.74, 6) is 0. The average Bonchev–Trinajstić information content (AvgIpc) is 2.37. The van der Waals surface area contributed by atoms with E-state index in [9.17, 15) is 8.42 Å². The van der Waals surface area contributed by atoms with Crippen LogP contribution < -0.4 is 10.5 Å². The van der Waals surface area contributed by atoms with Crippen LogP contribution in [0.1, 0.15) is 17.5 Å². The van der Waals surface area contributed by atoms with E-state index in [1.54, 1.807) is 13.0 Å². The molecule has 0 aliphatic rings. The highest BCUT2D eigenvalue weighted by atomic mass is 79.9. The van der Waals surface area contributed by atoms with Crippen molar-refractivity contribution in [3.63, 3.8) is 0 Å². The Kier molecular flexibility index (Phi) is 6.60. The number of halogens is 1. The Morgan fingerprint density at radius 3 is 2.55 bits per heavy atom. The monoisotopic (exact) mass is 363 g/mol. The molecule has 0 saturated heterocycles. The quantitative estimate of drug-likeness (QED) is 0.718. The van der Waals surface area contributed by atoms with Gasteiger partial charge in [0.05, 0.1) is 4.90 Å². The number of hydrogen-bond donors (Lipinski definition) is 2. The first-order valence-corrected chi connectivity index (χ1v) is 8.69. The molecular weight excluding hydrogens is 342 g/mol. The van der Waals surface area contributed by atoms with Crippen molar-refractivity contribution in [1.29, 1.82) is 0 Å². The third-order valence-corrected chi connectivity index (χ3v) is 5.37. The third kappa shape index (κ3) is 4.82. The highest BCUT2D eigenvalue weighted by Crippen LogP contribution is 2.25. The molecule has 0 aliphatic carbocycles. The van der Waals surface area contributed by atoms with Gasteiger partial charge in [0.15, 0.2) is 0 Å². The van der Waals surface area contributed by atoms with Crippen molar-refractivity contribution >= 4 is 26.0 Å². The third-order valence-electron chi connectivity index (χ3n) is 2.96. The van der Waals surface area contributed by atoms with Crippen LogP contribution in [0.15, 0.2) is 21.5 Å². The fraction of sp³-hybridized carbons (Fsp3) is 0.538. The van der Waals surface area contributed by atoms with Crippen LogP contribution in [0.3, 0.4) is 0 Å². The van der Waals surface area contributed by atoms with Crippen molar-refractivity contribution in [2.45, 2.75) is 24.8 Å². The Hall–Kier alpha value is -0.470. The van der Waals surface area contributed by atoms with E-state index in [1.165, 1.54) is 0 Å². The van der Waals surface area contributed by atoms with E-state index in [0.29, 0.717) is 18.7 Å². The molecule has 0 heterocycles. The second-order valence-corrected chi connectivity index (χ2v) is 7.55. The van der Waals surface area contributed by atoms with E-state index < -0.39 is 10.0 Å². The maximum absolute atomic E-state index is 12.3. The number of nitrogens with zero attached hydrogens (tertiary/aromatic N) is 1. The van der Waals surface area contributed by atoms with Crippen LogP contribution in [0, 0.1) is 6.92 Å². The van der Waals surface area contributed by atoms with Gasteiger partial charge in [-0.2, -0.15) is 0 Å². The molecule has 7 heteroatoms. The smallest absolute Gasteiger partial charge is 0.240 e. The van der Waals surface area contributed by atoms with E-state index in [0.717, 1.165) is 23.0 Å². The maximum Gasteiger partial charge on any atom is 0.240 e. The lowest BCUT2D eigenvalue weighted by Crippen LogP contribution is -2.28. The number of hydrogen-bond acceptors (Lipinski definition) is 4. The first-order valence-electron chi connectivity index (χ1n) is 6.41. The number of benzene rings is 1. The van der Waals surface area contributed by atoms with Gasteiger partial charge in [-0.1, -0.05) is 15.9 Å². The van der Waals surface area contributed by atoms with Crippen LogP contribution >= 0.6 is 15.9 Å². The molecule has 0 saturated carbocycles. The van der Waals surface area contributed by atoms with Crippen molar-refractivity contribution in [2.75, 3.05) is 27.2 Å². The predicted octanol–water partition coefficient (Wildman–Crippen LogP) is 1.45. The fourth-order valence-corrected chi connectivity index (χ4v) is 3.81. The van der Waals surface area contributed by atoms with Gasteiger partial charge in [-0.3, -0.25) is 0 Å². The van der Waals surface area contributed by atoms with Crippen LogP contribution in [0.4, 0.5) is 0 Å². The number of nitrogens with two attached hydrogens (primary N) is 1. The molecule has 1 rings (SSSR count). The Morgan fingerprint density at radius 2 is 2.00 bits per heavy atom. The molecule has 0 amide bonds. The van der Waals surface area contributed by atoms with Gasteiger partial charge in [-0.05, 0) is 57.2 Å². The van der Waals surface area contributed by atoms with E-state index >= 15 is 0 Å². The molecule has 0 unspecified atom stereocenters. The topological polar surface area (TPSA) is 75.4 Å². The molecule has 0 fully saturated rings. The zero-order valence-electron chi connectivity index (χ0n) is 12.1. The summed E-state index contributed by atoms with van der Waals surface area (Å²) in [5.41, 5.74) is 7.08. The molecule has 1 aromatic rings. The largest absolute Gasteiger partial charge is 0.326 e. The minimum absolute atomic E-state index is 0.289. The van der Waals surface area contributed by atoms with Gasteiger partial charge >= 0.3 is 0 Å². The highest BCUT2D eigenvalue weighted by molar-refractivity contribution is 9.10. The average molecular weight is 364 g/mol. The molecule has 20 heavy (non-hydrogen) atoms. The van der Waals surface area contributed by atoms with Crippen LogP contribution in [-0.2, 0) is 16.6 Å². The summed E-state index contributed by atoms with van der Waals surface area (Å²) >= 11 is 3.38. The number of rotatable bonds is 7. The molecule has 114 valence electrons. The number of sulfonamides is 1. The summed E-state index contributed by atoms with van der Waals surface area (Å²) in [5, 5.41) is 0. The minimum atomic E-state index is -3.50. The van der Waals surface area contributed by atoms with E-state index in [-0.39, 0.29) is 4.90 Å². The Bertz CT molecular complexity index is 559. The fourth-order valence-electron chi connectivity index (χ4n) is 1.78. The molecule has 0 spiro atoms. The standard InChI is InChI=1S/C13H22BrN3O2S/c1-10-12(14)7-11(9-15)8-13(10)20(18,19)16-5-4-6-17(2)3/h7-8,16H,4-6,9,15H2,1-3H3. The van der Waals surface area contributed by atoms with E-state index in [2.05, 4.69) is 20.7 Å². The summed E-state index contributed by atoms with van der Waals surface area (Å²) in [4.78, 5) is 2.31. The zero-order valence-corrected chi connectivity index (χ0v) is 14.5. The molecule has 0 atom stereocenters. The summed E-state index contributed by atoms with van der Waals surface area (Å²) in [7, 11) is 0.420. The molecular formula is C13H22BrN3O2S. The summed E-state index contributed by atoms with van der Waals surface area (Å²) in [6.45, 7) is 3.35. The Morgan fingerprint density at radius 1 is 1.35 bits per heavy atom. The van der Waals surface area contributed by atoms with Gasteiger partial charge in [-0.15, -0.1) is 0 Å². The molecule has 0 radical (unpaired) electrons. The van der Waals surface area contributed by atoms with Crippen molar-refractivity contribution in [3.05, 3.63) is 27.7 Å². The first-order chi connectivity index (χ1) is 9.27. The van der Waals surface area contributed by atoms with Gasteiger partial charge in [0.1, 0.15) is 0 Å². The van der Waals surface area contributed by atoms with Gasteiger partial charge in [0, 0.05) is 17.6 Å². The zero-order chi connectivity index (χ0) is 15.3. The van der Waals surface area contributed by atoms with Gasteiger partial charge in [-0.25, -0.2) is 13.1 Å². The normalized spacial score (nSPS) is 12.1. The Balaban J connectivity index is 2.89. The van der Waals surface area contributed by atoms with Crippen LogP contribution in [0.5, 0.6) is 0 Å². The van der Waals surface area contributed by atoms with Crippen molar-refractivity contribution in [3.8, 4) is 0 Å². The van der Waals surface area contributed by atoms with E-state index in [4.69, 9.17) is 5.73 Å². The summed E-state index contributed by atoms with van der Waals surface area (Å²) in [6.07, 6.45) is 0.767. The summed E-state index contributed by atoms with van der Waals surface area (Å²) in [6, 6.07) is 3.48. The van der Waals surface area contributed by atoms with Crippen molar-refractivity contribution in [2.24, 2.45) is 5.73 Å². The van der Waals surface area contributed by atoms with Crippen molar-refractivity contribution < 1.29 is 8.42 Å². The van der Waals surface area contributed by atoms with Gasteiger partial charge in [0.2, 0.25) is 10.0 Å². The first kappa shape index (κ1) is 17.6. The lowest BCUT2D eigenvalue weighted by atomic mass is 10.1. The molecule has 5 nitrogen and oxygen atoms in total. The minimum Gasteiger partial charge on any atom is -0.326 e. The predicted molar refractivity (Wildman–Crippen MR) is 85.1 cm³/mol. The summed E-state index contributed by atoms with van der Waals surface area (Å²) < 4.78 is 28.1. The molecule has 0 aromatic heterocycles. The molecule has 0 bridgehead atoms. The Labute approximate surface area is 129 Å². The van der Waals surface area contributed by atoms with Crippen LogP contribution in [0.25, 0.3) is 0 Å². The lowest BCUT2D eigenvalue weighted by Gasteiger charge is -2.13. The lowest BCUT2D eigenvalue weighted by molar-refractivity contribution is 0.400. The second kappa shape index (κ2) is 7.51. The van der Waals surface area contributed by atoms with Crippen LogP contribution in [0.2, 0.25) is 0 Å². The van der Waals surface area contributed by atoms with E-state index in [1.807, 2.05) is 25.1 Å². The van der Waals surface area contributed by atoms with Crippen LogP contribution in [-0.4, -0.2) is 40.5 Å². The second-order valence-electron chi connectivity index (χ2n) is 4.96. The molecule has 3 N–H and O–H groups in total. The highest BCUT2D eigenvalue weighted by Gasteiger charge is 2.18. The maximum atomic E-state index is 12.3. The van der Waals surface area contributed by atoms with Crippen molar-refractivity contribution in [1.82, 2.24) is 9.62 Å². The molecule has 0 aliphatic heterocycles. The van der Waals surface area contributed by atoms with Gasteiger partial charge in [0.25, 0.3) is 0 Å². The SMILES string of the molecule is Cc1c(Br)cc(CN)cc1S(=O)(=O)NCCCN(C)C. The molecule has 1 aromatic carbocycles. The number of nitrogens with one attached hydrogen (secondary N) is 1. The van der Waals surface area contributed by atoms with Gasteiger partial charge < -0.3 is 10.6 Å².